The van der Waals surface area contributed by atoms with Crippen molar-refractivity contribution >= 4 is 29.0 Å². The molecule has 1 saturated heterocycles. The first-order valence-electron chi connectivity index (χ1n) is 5.41. The van der Waals surface area contributed by atoms with Crippen LogP contribution in [0.1, 0.15) is 6.42 Å². The van der Waals surface area contributed by atoms with Crippen LogP contribution in [-0.4, -0.2) is 53.0 Å². The quantitative estimate of drug-likeness (QED) is 0.335. The minimum atomic E-state index is -2.14. The van der Waals surface area contributed by atoms with Gasteiger partial charge in [0.05, 0.1) is 18.1 Å². The highest BCUT2D eigenvalue weighted by atomic mass is 35.5. The highest BCUT2D eigenvalue weighted by Crippen LogP contribution is 2.29. The van der Waals surface area contributed by atoms with E-state index in [9.17, 15) is 10.1 Å². The van der Waals surface area contributed by atoms with Crippen molar-refractivity contribution < 1.29 is 9.66 Å². The summed E-state index contributed by atoms with van der Waals surface area (Å²) in [5.41, 5.74) is 0. The molecule has 96 valence electrons. The Labute approximate surface area is 109 Å². The zero-order valence-electron chi connectivity index (χ0n) is 9.14. The summed E-state index contributed by atoms with van der Waals surface area (Å²) in [5.74, 6) is 0.520. The maximum Gasteiger partial charge on any atom is 0.428 e. The highest BCUT2D eigenvalue weighted by molar-refractivity contribution is 6.57. The average Bonchev–Trinajstić information content (AvgIpc) is 2.89. The van der Waals surface area contributed by atoms with Crippen LogP contribution in [0.25, 0.3) is 0 Å². The number of amidine groups is 1. The molecule has 0 saturated carbocycles. The van der Waals surface area contributed by atoms with Gasteiger partial charge in [0.1, 0.15) is 0 Å². The van der Waals surface area contributed by atoms with Gasteiger partial charge in [0.25, 0.3) is 0 Å². The second-order valence-corrected chi connectivity index (χ2v) is 5.47. The zero-order chi connectivity index (χ0) is 12.5. The molecule has 0 radical (unpaired) electrons. The molecule has 0 aromatic carbocycles. The summed E-state index contributed by atoms with van der Waals surface area (Å²) in [6.07, 6.45) is 0.958. The number of rotatable bonds is 4. The first-order valence-corrected chi connectivity index (χ1v) is 6.17. The molecule has 0 N–H and O–H groups in total. The van der Waals surface area contributed by atoms with Crippen molar-refractivity contribution in [3.63, 3.8) is 0 Å². The standard InChI is InChI=1S/C9H13Cl2N3O3/c10-9(11,14(15)16)8-12-2-3-13(8)5-7-1-4-17-6-7/h7H,1-6H2. The third-order valence-electron chi connectivity index (χ3n) is 2.93. The van der Waals surface area contributed by atoms with Crippen molar-refractivity contribution in [2.45, 2.75) is 10.9 Å². The van der Waals surface area contributed by atoms with Crippen molar-refractivity contribution in [1.29, 1.82) is 0 Å². The van der Waals surface area contributed by atoms with Gasteiger partial charge in [-0.15, -0.1) is 0 Å². The molecule has 8 heteroatoms. The molecule has 0 aromatic rings. The van der Waals surface area contributed by atoms with E-state index < -0.39 is 9.38 Å². The van der Waals surface area contributed by atoms with Crippen molar-refractivity contribution in [1.82, 2.24) is 4.90 Å². The molecule has 0 spiro atoms. The fourth-order valence-electron chi connectivity index (χ4n) is 2.07. The van der Waals surface area contributed by atoms with Crippen LogP contribution in [0.5, 0.6) is 0 Å². The van der Waals surface area contributed by atoms with Crippen LogP contribution in [0.2, 0.25) is 0 Å². The van der Waals surface area contributed by atoms with E-state index in [4.69, 9.17) is 27.9 Å². The van der Waals surface area contributed by atoms with E-state index in [1.54, 1.807) is 4.90 Å². The van der Waals surface area contributed by atoms with Gasteiger partial charge in [-0.05, 0) is 29.6 Å². The summed E-state index contributed by atoms with van der Waals surface area (Å²) in [4.78, 5) is 15.9. The maximum absolute atomic E-state index is 10.8. The van der Waals surface area contributed by atoms with Crippen molar-refractivity contribution in [2.75, 3.05) is 32.8 Å². The van der Waals surface area contributed by atoms with E-state index in [1.807, 2.05) is 0 Å². The summed E-state index contributed by atoms with van der Waals surface area (Å²) in [5, 5.41) is 10.8. The molecule has 6 nitrogen and oxygen atoms in total. The molecule has 0 bridgehead atoms. The molecular formula is C9H13Cl2N3O3. The van der Waals surface area contributed by atoms with Gasteiger partial charge < -0.3 is 9.64 Å². The maximum atomic E-state index is 10.8. The SMILES string of the molecule is O=[N+]([O-])C(Cl)(Cl)C1=NCCN1CC1CCOC1. The average molecular weight is 282 g/mol. The Morgan fingerprint density at radius 3 is 3.00 bits per heavy atom. The number of halogens is 2. The summed E-state index contributed by atoms with van der Waals surface area (Å²) < 4.78 is 3.13. The lowest BCUT2D eigenvalue weighted by Gasteiger charge is -2.25. The van der Waals surface area contributed by atoms with E-state index >= 15 is 0 Å². The van der Waals surface area contributed by atoms with Crippen LogP contribution in [0, 0.1) is 16.0 Å². The van der Waals surface area contributed by atoms with Gasteiger partial charge in [0, 0.05) is 25.6 Å². The van der Waals surface area contributed by atoms with E-state index in [0.717, 1.165) is 13.0 Å². The molecule has 0 aromatic heterocycles. The minimum Gasteiger partial charge on any atom is -0.381 e. The number of alkyl halides is 2. The van der Waals surface area contributed by atoms with Crippen LogP contribution in [0.3, 0.4) is 0 Å². The second kappa shape index (κ2) is 4.96. The van der Waals surface area contributed by atoms with Gasteiger partial charge >= 0.3 is 4.46 Å². The smallest absolute Gasteiger partial charge is 0.381 e. The molecule has 2 aliphatic heterocycles. The number of hydrogen-bond acceptors (Lipinski definition) is 5. The van der Waals surface area contributed by atoms with Crippen molar-refractivity contribution in [3.05, 3.63) is 10.1 Å². The van der Waals surface area contributed by atoms with Crippen molar-refractivity contribution in [3.8, 4) is 0 Å². The zero-order valence-corrected chi connectivity index (χ0v) is 10.7. The molecule has 1 fully saturated rings. The monoisotopic (exact) mass is 281 g/mol. The summed E-state index contributed by atoms with van der Waals surface area (Å²) >= 11 is 11.4. The minimum absolute atomic E-state index is 0.151. The lowest BCUT2D eigenvalue weighted by molar-refractivity contribution is -0.497. The Hall–Kier alpha value is -0.590. The molecule has 0 amide bonds. The van der Waals surface area contributed by atoms with Gasteiger partial charge in [-0.3, -0.25) is 15.1 Å². The topological polar surface area (TPSA) is 68.0 Å². The molecule has 17 heavy (non-hydrogen) atoms. The molecule has 2 rings (SSSR count). The van der Waals surface area contributed by atoms with E-state index in [-0.39, 0.29) is 5.84 Å². The van der Waals surface area contributed by atoms with E-state index in [0.29, 0.717) is 32.2 Å². The third kappa shape index (κ3) is 2.64. The third-order valence-corrected chi connectivity index (χ3v) is 3.55. The van der Waals surface area contributed by atoms with Crippen LogP contribution >= 0.6 is 23.2 Å². The molecule has 1 atom stereocenters. The summed E-state index contributed by atoms with van der Waals surface area (Å²) in [6.45, 7) is 3.21. The predicted octanol–water partition coefficient (Wildman–Crippen LogP) is 1.15. The number of nitro groups is 1. The fourth-order valence-corrected chi connectivity index (χ4v) is 2.42. The Bertz CT molecular complexity index is 342. The predicted molar refractivity (Wildman–Crippen MR) is 64.2 cm³/mol. The largest absolute Gasteiger partial charge is 0.428 e. The molecule has 0 aliphatic carbocycles. The van der Waals surface area contributed by atoms with Gasteiger partial charge in [-0.2, -0.15) is 0 Å². The number of aliphatic imine (C=N–C) groups is 1. The number of ether oxygens (including phenoxy) is 1. The van der Waals surface area contributed by atoms with Crippen LogP contribution in [0.4, 0.5) is 0 Å². The van der Waals surface area contributed by atoms with Crippen LogP contribution in [-0.2, 0) is 4.74 Å². The normalized spacial score (nSPS) is 25.2. The van der Waals surface area contributed by atoms with Gasteiger partial charge in [0.15, 0.2) is 0 Å². The first-order chi connectivity index (χ1) is 8.01. The van der Waals surface area contributed by atoms with Gasteiger partial charge in [-0.25, -0.2) is 0 Å². The van der Waals surface area contributed by atoms with Crippen LogP contribution < -0.4 is 0 Å². The molecular weight excluding hydrogens is 269 g/mol. The number of hydrogen-bond donors (Lipinski definition) is 0. The molecule has 2 aliphatic rings. The second-order valence-electron chi connectivity index (χ2n) is 4.18. The number of nitrogens with zero attached hydrogens (tertiary/aromatic N) is 3. The van der Waals surface area contributed by atoms with E-state index in [2.05, 4.69) is 4.99 Å². The van der Waals surface area contributed by atoms with Gasteiger partial charge in [0.2, 0.25) is 5.84 Å². The molecule has 1 unspecified atom stereocenters. The first kappa shape index (κ1) is 12.9. The fraction of sp³-hybridized carbons (Fsp3) is 0.889. The molecule has 2 heterocycles. The Balaban J connectivity index is 2.03. The van der Waals surface area contributed by atoms with Crippen LogP contribution in [0.15, 0.2) is 4.99 Å². The van der Waals surface area contributed by atoms with Crippen molar-refractivity contribution in [2.24, 2.45) is 10.9 Å². The highest BCUT2D eigenvalue weighted by Gasteiger charge is 2.49. The Morgan fingerprint density at radius 2 is 2.41 bits per heavy atom. The summed E-state index contributed by atoms with van der Waals surface area (Å²) in [6, 6.07) is 0. The Kier molecular flexibility index (Phi) is 3.75. The van der Waals surface area contributed by atoms with Gasteiger partial charge in [-0.1, -0.05) is 0 Å². The Morgan fingerprint density at radius 1 is 1.65 bits per heavy atom. The summed E-state index contributed by atoms with van der Waals surface area (Å²) in [7, 11) is 0. The lowest BCUT2D eigenvalue weighted by Crippen LogP contribution is -2.46. The lowest BCUT2D eigenvalue weighted by atomic mass is 10.1. The van der Waals surface area contributed by atoms with E-state index in [1.165, 1.54) is 0 Å².